The molecule has 2 aromatic rings. The van der Waals surface area contributed by atoms with Gasteiger partial charge in [0.1, 0.15) is 5.75 Å². The summed E-state index contributed by atoms with van der Waals surface area (Å²) in [6.07, 6.45) is 1.60. The number of methoxy groups -OCH3 is 1. The highest BCUT2D eigenvalue weighted by Crippen LogP contribution is 2.15. The molecule has 0 saturated heterocycles. The van der Waals surface area contributed by atoms with E-state index in [0.717, 1.165) is 0 Å². The normalized spacial score (nSPS) is 11.2. The topological polar surface area (TPSA) is 84.4 Å². The highest BCUT2D eigenvalue weighted by atomic mass is 32.2. The van der Waals surface area contributed by atoms with Crippen molar-refractivity contribution < 1.29 is 13.2 Å². The van der Waals surface area contributed by atoms with Crippen molar-refractivity contribution in [3.63, 3.8) is 0 Å². The number of nitrogens with one attached hydrogen (secondary N) is 1. The fraction of sp³-hybridized carbons (Fsp3) is 0.286. The summed E-state index contributed by atoms with van der Waals surface area (Å²) in [6.45, 7) is 0.0950. The van der Waals surface area contributed by atoms with Crippen molar-refractivity contribution in [1.82, 2.24) is 14.7 Å². The Morgan fingerprint density at radius 2 is 1.86 bits per heavy atom. The van der Waals surface area contributed by atoms with Crippen LogP contribution in [-0.4, -0.2) is 39.6 Å². The fourth-order valence-electron chi connectivity index (χ4n) is 1.71. The molecule has 0 spiro atoms. The zero-order valence-corrected chi connectivity index (χ0v) is 13.5. The van der Waals surface area contributed by atoms with E-state index in [-0.39, 0.29) is 11.4 Å². The summed E-state index contributed by atoms with van der Waals surface area (Å²) in [6, 6.07) is 7.86. The lowest BCUT2D eigenvalue weighted by Crippen LogP contribution is -2.24. The number of hydrogen-bond donors (Lipinski definition) is 1. The van der Waals surface area contributed by atoms with Gasteiger partial charge in [-0.05, 0) is 30.3 Å². The predicted octanol–water partition coefficient (Wildman–Crippen LogP) is 1.03. The molecule has 1 N–H and O–H groups in total. The van der Waals surface area contributed by atoms with E-state index in [1.54, 1.807) is 29.3 Å². The standard InChI is InChI=1S/C14H18N4O3S/c1-18(2)14-15-9-8-11(17-14)10-16-22(19,20)13-6-4-12(21-3)5-7-13/h4-9,16H,10H2,1-3H3. The summed E-state index contributed by atoms with van der Waals surface area (Å²) in [5.41, 5.74) is 0.593. The Kier molecular flexibility index (Phi) is 4.94. The number of ether oxygens (including phenoxy) is 1. The number of anilines is 1. The minimum Gasteiger partial charge on any atom is -0.497 e. The molecule has 0 unspecified atom stereocenters. The van der Waals surface area contributed by atoms with E-state index < -0.39 is 10.0 Å². The molecule has 0 atom stereocenters. The maximum absolute atomic E-state index is 12.2. The van der Waals surface area contributed by atoms with Gasteiger partial charge in [0.25, 0.3) is 0 Å². The van der Waals surface area contributed by atoms with Gasteiger partial charge in [0.2, 0.25) is 16.0 Å². The molecule has 0 aliphatic heterocycles. The Hall–Kier alpha value is -2.19. The average Bonchev–Trinajstić information content (AvgIpc) is 2.53. The number of hydrogen-bond acceptors (Lipinski definition) is 6. The summed E-state index contributed by atoms with van der Waals surface area (Å²) in [4.78, 5) is 10.3. The molecular weight excluding hydrogens is 304 g/mol. The third kappa shape index (κ3) is 3.92. The Labute approximate surface area is 130 Å². The smallest absolute Gasteiger partial charge is 0.240 e. The van der Waals surface area contributed by atoms with Crippen LogP contribution in [0.1, 0.15) is 5.69 Å². The van der Waals surface area contributed by atoms with Crippen LogP contribution in [-0.2, 0) is 16.6 Å². The van der Waals surface area contributed by atoms with Crippen LogP contribution in [0.2, 0.25) is 0 Å². The van der Waals surface area contributed by atoms with E-state index in [4.69, 9.17) is 4.74 Å². The summed E-state index contributed by atoms with van der Waals surface area (Å²) in [5.74, 6) is 1.13. The second-order valence-corrected chi connectivity index (χ2v) is 6.51. The molecule has 8 heteroatoms. The minimum atomic E-state index is -3.60. The number of nitrogens with zero attached hydrogens (tertiary/aromatic N) is 3. The largest absolute Gasteiger partial charge is 0.497 e. The Morgan fingerprint density at radius 3 is 2.45 bits per heavy atom. The van der Waals surface area contributed by atoms with Gasteiger partial charge >= 0.3 is 0 Å². The molecule has 22 heavy (non-hydrogen) atoms. The van der Waals surface area contributed by atoms with Gasteiger partial charge in [-0.1, -0.05) is 0 Å². The van der Waals surface area contributed by atoms with Crippen molar-refractivity contribution in [2.24, 2.45) is 0 Å². The summed E-state index contributed by atoms with van der Waals surface area (Å²) in [5, 5.41) is 0. The lowest BCUT2D eigenvalue weighted by molar-refractivity contribution is 0.414. The van der Waals surface area contributed by atoms with Gasteiger partial charge in [-0.3, -0.25) is 0 Å². The number of aromatic nitrogens is 2. The van der Waals surface area contributed by atoms with E-state index in [2.05, 4.69) is 14.7 Å². The summed E-state index contributed by atoms with van der Waals surface area (Å²) >= 11 is 0. The zero-order valence-electron chi connectivity index (χ0n) is 12.6. The van der Waals surface area contributed by atoms with Crippen LogP contribution >= 0.6 is 0 Å². The van der Waals surface area contributed by atoms with Gasteiger partial charge in [0, 0.05) is 20.3 Å². The van der Waals surface area contributed by atoms with Crippen LogP contribution in [0.15, 0.2) is 41.4 Å². The molecule has 118 valence electrons. The van der Waals surface area contributed by atoms with Gasteiger partial charge in [-0.25, -0.2) is 23.1 Å². The Bertz CT molecular complexity index is 730. The van der Waals surface area contributed by atoms with Crippen molar-refractivity contribution in [2.75, 3.05) is 26.1 Å². The fourth-order valence-corrected chi connectivity index (χ4v) is 2.70. The molecule has 0 fully saturated rings. The van der Waals surface area contributed by atoms with E-state index >= 15 is 0 Å². The van der Waals surface area contributed by atoms with Crippen LogP contribution in [0, 0.1) is 0 Å². The summed E-state index contributed by atoms with van der Waals surface area (Å²) in [7, 11) is 1.57. The second-order valence-electron chi connectivity index (χ2n) is 4.74. The summed E-state index contributed by atoms with van der Waals surface area (Å²) < 4.78 is 32.0. The first kappa shape index (κ1) is 16.2. The van der Waals surface area contributed by atoms with Gasteiger partial charge in [0.05, 0.1) is 24.2 Å². The lowest BCUT2D eigenvalue weighted by atomic mass is 10.3. The quantitative estimate of drug-likeness (QED) is 0.855. The van der Waals surface area contributed by atoms with Crippen LogP contribution in [0.25, 0.3) is 0 Å². The molecule has 0 saturated carbocycles. The highest BCUT2D eigenvalue weighted by Gasteiger charge is 2.14. The minimum absolute atomic E-state index is 0.0950. The van der Waals surface area contributed by atoms with Crippen molar-refractivity contribution in [3.05, 3.63) is 42.2 Å². The first-order chi connectivity index (χ1) is 10.4. The first-order valence-corrected chi connectivity index (χ1v) is 8.03. The first-order valence-electron chi connectivity index (χ1n) is 6.55. The molecule has 1 heterocycles. The molecule has 2 rings (SSSR count). The Balaban J connectivity index is 2.10. The molecule has 0 aliphatic rings. The maximum atomic E-state index is 12.2. The lowest BCUT2D eigenvalue weighted by Gasteiger charge is -2.11. The van der Waals surface area contributed by atoms with Crippen molar-refractivity contribution >= 4 is 16.0 Å². The van der Waals surface area contributed by atoms with Crippen molar-refractivity contribution in [3.8, 4) is 5.75 Å². The molecule has 0 radical (unpaired) electrons. The van der Waals surface area contributed by atoms with E-state index in [0.29, 0.717) is 17.4 Å². The SMILES string of the molecule is COc1ccc(S(=O)(=O)NCc2ccnc(N(C)C)n2)cc1. The zero-order chi connectivity index (χ0) is 16.2. The van der Waals surface area contributed by atoms with Crippen LogP contribution in [0.5, 0.6) is 5.75 Å². The average molecular weight is 322 g/mol. The highest BCUT2D eigenvalue weighted by molar-refractivity contribution is 7.89. The number of rotatable bonds is 6. The second kappa shape index (κ2) is 6.71. The molecule has 0 bridgehead atoms. The van der Waals surface area contributed by atoms with E-state index in [1.807, 2.05) is 14.1 Å². The van der Waals surface area contributed by atoms with Crippen LogP contribution in [0.4, 0.5) is 5.95 Å². The molecule has 1 aromatic carbocycles. The molecular formula is C14H18N4O3S. The van der Waals surface area contributed by atoms with Gasteiger partial charge in [-0.2, -0.15) is 0 Å². The van der Waals surface area contributed by atoms with Crippen molar-refractivity contribution in [1.29, 1.82) is 0 Å². The predicted molar refractivity (Wildman–Crippen MR) is 83.4 cm³/mol. The molecule has 7 nitrogen and oxygen atoms in total. The number of sulfonamides is 1. The Morgan fingerprint density at radius 1 is 1.18 bits per heavy atom. The number of benzene rings is 1. The molecule has 0 amide bonds. The van der Waals surface area contributed by atoms with Gasteiger partial charge in [-0.15, -0.1) is 0 Å². The third-order valence-corrected chi connectivity index (χ3v) is 4.33. The van der Waals surface area contributed by atoms with Crippen LogP contribution in [0.3, 0.4) is 0 Å². The third-order valence-electron chi connectivity index (χ3n) is 2.91. The van der Waals surface area contributed by atoms with Gasteiger partial charge < -0.3 is 9.64 Å². The van der Waals surface area contributed by atoms with E-state index in [9.17, 15) is 8.42 Å². The van der Waals surface area contributed by atoms with Crippen molar-refractivity contribution in [2.45, 2.75) is 11.4 Å². The molecule has 1 aromatic heterocycles. The van der Waals surface area contributed by atoms with E-state index in [1.165, 1.54) is 19.2 Å². The van der Waals surface area contributed by atoms with Crippen LogP contribution < -0.4 is 14.4 Å². The molecule has 0 aliphatic carbocycles. The maximum Gasteiger partial charge on any atom is 0.240 e. The monoisotopic (exact) mass is 322 g/mol. The van der Waals surface area contributed by atoms with Gasteiger partial charge in [0.15, 0.2) is 0 Å².